The Labute approximate surface area is 101 Å². The summed E-state index contributed by atoms with van der Waals surface area (Å²) < 4.78 is 5.36. The van der Waals surface area contributed by atoms with E-state index in [-0.39, 0.29) is 6.42 Å². The van der Waals surface area contributed by atoms with Crippen LogP contribution in [0.25, 0.3) is 0 Å². The lowest BCUT2D eigenvalue weighted by molar-refractivity contribution is -0.136. The second-order valence-electron chi connectivity index (χ2n) is 4.33. The molecule has 0 radical (unpaired) electrons. The Balaban J connectivity index is 2.20. The van der Waals surface area contributed by atoms with E-state index in [0.29, 0.717) is 6.04 Å². The number of carboxylic acids is 1. The number of hydrogen-bond donors (Lipinski definition) is 1. The molecule has 1 aromatic carbocycles. The van der Waals surface area contributed by atoms with E-state index in [1.165, 1.54) is 0 Å². The first-order valence-electron chi connectivity index (χ1n) is 5.79. The molecule has 1 N–H and O–H groups in total. The Morgan fingerprint density at radius 1 is 1.53 bits per heavy atom. The fourth-order valence-electron chi connectivity index (χ4n) is 2.19. The molecule has 0 aromatic heterocycles. The van der Waals surface area contributed by atoms with Crippen molar-refractivity contribution in [1.29, 1.82) is 0 Å². The van der Waals surface area contributed by atoms with E-state index in [4.69, 9.17) is 9.84 Å². The number of rotatable bonds is 4. The van der Waals surface area contributed by atoms with Gasteiger partial charge < -0.3 is 14.7 Å². The quantitative estimate of drug-likeness (QED) is 0.860. The second-order valence-corrected chi connectivity index (χ2v) is 4.33. The van der Waals surface area contributed by atoms with E-state index < -0.39 is 5.97 Å². The molecular formula is C13H17NO3. The summed E-state index contributed by atoms with van der Waals surface area (Å²) >= 11 is 0. The van der Waals surface area contributed by atoms with Gasteiger partial charge in [-0.05, 0) is 18.1 Å². The van der Waals surface area contributed by atoms with Crippen LogP contribution in [-0.4, -0.2) is 37.4 Å². The van der Waals surface area contributed by atoms with Crippen LogP contribution in [0.3, 0.4) is 0 Å². The highest BCUT2D eigenvalue weighted by molar-refractivity contribution is 5.73. The summed E-state index contributed by atoms with van der Waals surface area (Å²) in [5.74, 6) is -0.798. The van der Waals surface area contributed by atoms with Crippen LogP contribution in [-0.2, 0) is 16.0 Å². The lowest BCUT2D eigenvalue weighted by atomic mass is 10.1. The number of carboxylic acid groups (broad SMARTS) is 1. The van der Waals surface area contributed by atoms with Crippen LogP contribution in [0.15, 0.2) is 24.3 Å². The first kappa shape index (κ1) is 11.9. The number of para-hydroxylation sites is 1. The molecule has 1 aromatic rings. The molecule has 1 aliphatic rings. The molecule has 1 fully saturated rings. The molecular weight excluding hydrogens is 218 g/mol. The average molecular weight is 235 g/mol. The highest BCUT2D eigenvalue weighted by atomic mass is 16.5. The van der Waals surface area contributed by atoms with E-state index in [0.717, 1.165) is 30.9 Å². The van der Waals surface area contributed by atoms with E-state index in [1.807, 2.05) is 31.3 Å². The van der Waals surface area contributed by atoms with Gasteiger partial charge in [0.1, 0.15) is 0 Å². The molecule has 1 saturated heterocycles. The van der Waals surface area contributed by atoms with Crippen molar-refractivity contribution in [3.8, 4) is 0 Å². The Morgan fingerprint density at radius 2 is 2.29 bits per heavy atom. The molecule has 0 spiro atoms. The van der Waals surface area contributed by atoms with Crippen molar-refractivity contribution >= 4 is 11.7 Å². The van der Waals surface area contributed by atoms with Gasteiger partial charge in [-0.15, -0.1) is 0 Å². The third-order valence-electron chi connectivity index (χ3n) is 3.17. The van der Waals surface area contributed by atoms with E-state index in [1.54, 1.807) is 0 Å². The van der Waals surface area contributed by atoms with Gasteiger partial charge in [-0.1, -0.05) is 18.2 Å². The van der Waals surface area contributed by atoms with Crippen LogP contribution in [0.4, 0.5) is 5.69 Å². The van der Waals surface area contributed by atoms with Crippen LogP contribution in [0, 0.1) is 0 Å². The van der Waals surface area contributed by atoms with Crippen molar-refractivity contribution in [1.82, 2.24) is 0 Å². The fraction of sp³-hybridized carbons (Fsp3) is 0.462. The lowest BCUT2D eigenvalue weighted by Crippen LogP contribution is -2.32. The maximum absolute atomic E-state index is 10.8. The van der Waals surface area contributed by atoms with Crippen molar-refractivity contribution in [3.05, 3.63) is 29.8 Å². The molecule has 0 saturated carbocycles. The number of ether oxygens (including phenoxy) is 1. The topological polar surface area (TPSA) is 49.8 Å². The van der Waals surface area contributed by atoms with Crippen LogP contribution in [0.2, 0.25) is 0 Å². The van der Waals surface area contributed by atoms with Crippen molar-refractivity contribution in [2.45, 2.75) is 18.9 Å². The SMILES string of the molecule is CN(c1ccccc1CC(=O)O)C1CCOC1. The number of aliphatic carboxylic acids is 1. The summed E-state index contributed by atoms with van der Waals surface area (Å²) in [4.78, 5) is 13.0. The van der Waals surface area contributed by atoms with E-state index >= 15 is 0 Å². The summed E-state index contributed by atoms with van der Waals surface area (Å²) in [6.45, 7) is 1.51. The summed E-state index contributed by atoms with van der Waals surface area (Å²) in [5, 5.41) is 8.90. The third kappa shape index (κ3) is 2.77. The molecule has 4 heteroatoms. The normalized spacial score (nSPS) is 19.2. The first-order chi connectivity index (χ1) is 8.18. The van der Waals surface area contributed by atoms with Crippen LogP contribution in [0.5, 0.6) is 0 Å². The maximum Gasteiger partial charge on any atom is 0.307 e. The number of benzene rings is 1. The van der Waals surface area contributed by atoms with E-state index in [2.05, 4.69) is 4.90 Å². The number of nitrogens with zero attached hydrogens (tertiary/aromatic N) is 1. The first-order valence-corrected chi connectivity index (χ1v) is 5.79. The molecule has 0 amide bonds. The van der Waals surface area contributed by atoms with Gasteiger partial charge in [-0.3, -0.25) is 4.79 Å². The second kappa shape index (κ2) is 5.19. The molecule has 1 heterocycles. The average Bonchev–Trinajstić information content (AvgIpc) is 2.81. The molecule has 0 aliphatic carbocycles. The van der Waals surface area contributed by atoms with Crippen LogP contribution >= 0.6 is 0 Å². The minimum atomic E-state index is -0.798. The zero-order valence-corrected chi connectivity index (χ0v) is 9.93. The monoisotopic (exact) mass is 235 g/mol. The lowest BCUT2D eigenvalue weighted by Gasteiger charge is -2.27. The van der Waals surface area contributed by atoms with Crippen LogP contribution in [0.1, 0.15) is 12.0 Å². The smallest absolute Gasteiger partial charge is 0.307 e. The molecule has 2 rings (SSSR count). The van der Waals surface area contributed by atoms with Crippen molar-refractivity contribution in [2.24, 2.45) is 0 Å². The Morgan fingerprint density at radius 3 is 2.94 bits per heavy atom. The summed E-state index contributed by atoms with van der Waals surface area (Å²) in [6.07, 6.45) is 1.06. The van der Waals surface area contributed by atoms with Gasteiger partial charge in [0, 0.05) is 19.3 Å². The molecule has 17 heavy (non-hydrogen) atoms. The summed E-state index contributed by atoms with van der Waals surface area (Å²) in [5.41, 5.74) is 1.85. The summed E-state index contributed by atoms with van der Waals surface area (Å²) in [7, 11) is 2.00. The summed E-state index contributed by atoms with van der Waals surface area (Å²) in [6, 6.07) is 8.00. The minimum Gasteiger partial charge on any atom is -0.481 e. The molecule has 1 unspecified atom stereocenters. The molecule has 4 nitrogen and oxygen atoms in total. The van der Waals surface area contributed by atoms with Gasteiger partial charge >= 0.3 is 5.97 Å². The molecule has 1 atom stereocenters. The van der Waals surface area contributed by atoms with Gasteiger partial charge in [0.25, 0.3) is 0 Å². The van der Waals surface area contributed by atoms with Crippen molar-refractivity contribution in [2.75, 3.05) is 25.2 Å². The number of anilines is 1. The van der Waals surface area contributed by atoms with E-state index in [9.17, 15) is 4.79 Å². The van der Waals surface area contributed by atoms with Crippen molar-refractivity contribution < 1.29 is 14.6 Å². The zero-order valence-electron chi connectivity index (χ0n) is 9.93. The standard InChI is InChI=1S/C13H17NO3/c1-14(11-6-7-17-9-11)12-5-3-2-4-10(12)8-13(15)16/h2-5,11H,6-9H2,1H3,(H,15,16). The van der Waals surface area contributed by atoms with Gasteiger partial charge in [0.2, 0.25) is 0 Å². The fourth-order valence-corrected chi connectivity index (χ4v) is 2.19. The van der Waals surface area contributed by atoms with Crippen molar-refractivity contribution in [3.63, 3.8) is 0 Å². The van der Waals surface area contributed by atoms with Gasteiger partial charge in [0.05, 0.1) is 19.1 Å². The predicted octanol–water partition coefficient (Wildman–Crippen LogP) is 1.54. The number of hydrogen-bond acceptors (Lipinski definition) is 3. The predicted molar refractivity (Wildman–Crippen MR) is 65.4 cm³/mol. The highest BCUT2D eigenvalue weighted by Gasteiger charge is 2.22. The number of likely N-dealkylation sites (N-methyl/N-ethyl adjacent to an activating group) is 1. The number of carbonyl (C=O) groups is 1. The Kier molecular flexibility index (Phi) is 3.64. The third-order valence-corrected chi connectivity index (χ3v) is 3.17. The largest absolute Gasteiger partial charge is 0.481 e. The molecule has 1 aliphatic heterocycles. The van der Waals surface area contributed by atoms with Gasteiger partial charge in [-0.25, -0.2) is 0 Å². The van der Waals surface area contributed by atoms with Gasteiger partial charge in [-0.2, -0.15) is 0 Å². The highest BCUT2D eigenvalue weighted by Crippen LogP contribution is 2.24. The maximum atomic E-state index is 10.8. The minimum absolute atomic E-state index is 0.0636. The van der Waals surface area contributed by atoms with Crippen LogP contribution < -0.4 is 4.90 Å². The Bertz CT molecular complexity index is 399. The molecule has 0 bridgehead atoms. The Hall–Kier alpha value is -1.55. The zero-order chi connectivity index (χ0) is 12.3. The van der Waals surface area contributed by atoms with Gasteiger partial charge in [0.15, 0.2) is 0 Å². The molecule has 92 valence electrons.